The first-order valence-corrected chi connectivity index (χ1v) is 8.85. The van der Waals surface area contributed by atoms with Crippen LogP contribution in [0, 0.1) is 23.2 Å². The second-order valence-corrected chi connectivity index (χ2v) is 6.97. The molecule has 3 heteroatoms. The maximum atomic E-state index is 12.8. The van der Waals surface area contributed by atoms with Gasteiger partial charge in [-0.2, -0.15) is 5.26 Å². The number of carbonyl (C=O) groups is 1. The predicted octanol–water partition coefficient (Wildman–Crippen LogP) is 4.24. The van der Waals surface area contributed by atoms with Gasteiger partial charge in [0.15, 0.2) is 5.78 Å². The van der Waals surface area contributed by atoms with Crippen LogP contribution in [0.5, 0.6) is 0 Å². The highest BCUT2D eigenvalue weighted by Crippen LogP contribution is 2.42. The van der Waals surface area contributed by atoms with Crippen molar-refractivity contribution in [2.45, 2.75) is 63.6 Å². The zero-order valence-electron chi connectivity index (χ0n) is 13.8. The lowest BCUT2D eigenvalue weighted by atomic mass is 9.72. The molecule has 0 amide bonds. The molecule has 2 bridgehead atoms. The fourth-order valence-corrected chi connectivity index (χ4v) is 4.21. The van der Waals surface area contributed by atoms with Crippen molar-refractivity contribution in [1.82, 2.24) is 0 Å². The van der Waals surface area contributed by atoms with Crippen LogP contribution in [0.2, 0.25) is 0 Å². The minimum Gasteiger partial charge on any atom is -0.366 e. The van der Waals surface area contributed by atoms with E-state index in [1.165, 1.54) is 5.56 Å². The SMILES string of the molecule is CCCC(CC(=O)C1OC2CCC1CC2C#N)c1ccccc1. The Hall–Kier alpha value is -1.66. The molecule has 122 valence electrons. The fraction of sp³-hybridized carbons (Fsp3) is 0.600. The maximum Gasteiger partial charge on any atom is 0.162 e. The standard InChI is InChI=1S/C20H25NO2/c1-2-6-15(14-7-4-3-5-8-14)12-18(22)20-16-9-10-19(23-20)17(11-16)13-21/h3-5,7-8,15-17,19-20H,2,6,9-12H2,1H3. The van der Waals surface area contributed by atoms with Gasteiger partial charge >= 0.3 is 0 Å². The lowest BCUT2D eigenvalue weighted by molar-refractivity contribution is -0.166. The molecule has 0 aromatic heterocycles. The average molecular weight is 311 g/mol. The van der Waals surface area contributed by atoms with Gasteiger partial charge in [0.25, 0.3) is 0 Å². The van der Waals surface area contributed by atoms with Crippen LogP contribution >= 0.6 is 0 Å². The van der Waals surface area contributed by atoms with E-state index in [4.69, 9.17) is 4.74 Å². The first kappa shape index (κ1) is 16.2. The van der Waals surface area contributed by atoms with Crippen LogP contribution in [0.3, 0.4) is 0 Å². The average Bonchev–Trinajstić information content (AvgIpc) is 2.62. The predicted molar refractivity (Wildman–Crippen MR) is 88.8 cm³/mol. The number of rotatable bonds is 6. The van der Waals surface area contributed by atoms with E-state index in [-0.39, 0.29) is 35.7 Å². The van der Waals surface area contributed by atoms with Crippen LogP contribution in [0.1, 0.15) is 56.9 Å². The third-order valence-electron chi connectivity index (χ3n) is 5.42. The second-order valence-electron chi connectivity index (χ2n) is 6.97. The molecule has 0 radical (unpaired) electrons. The Labute approximate surface area is 138 Å². The number of hydrogen-bond acceptors (Lipinski definition) is 3. The van der Waals surface area contributed by atoms with Crippen LogP contribution in [-0.2, 0) is 9.53 Å². The van der Waals surface area contributed by atoms with E-state index >= 15 is 0 Å². The van der Waals surface area contributed by atoms with Gasteiger partial charge in [0.1, 0.15) is 6.10 Å². The van der Waals surface area contributed by atoms with Gasteiger partial charge < -0.3 is 4.74 Å². The van der Waals surface area contributed by atoms with E-state index in [2.05, 4.69) is 25.1 Å². The van der Waals surface area contributed by atoms with Crippen molar-refractivity contribution < 1.29 is 9.53 Å². The van der Waals surface area contributed by atoms with Gasteiger partial charge in [-0.1, -0.05) is 43.7 Å². The molecule has 5 unspecified atom stereocenters. The number of Topliss-reactive ketones (excluding diaryl/α,β-unsaturated/α-hetero) is 1. The zero-order chi connectivity index (χ0) is 16.2. The fourth-order valence-electron chi connectivity index (χ4n) is 4.21. The van der Waals surface area contributed by atoms with Crippen LogP contribution in [-0.4, -0.2) is 18.0 Å². The number of benzene rings is 1. The molecular formula is C20H25NO2. The minimum atomic E-state index is -0.276. The third kappa shape index (κ3) is 3.48. The molecule has 2 aliphatic heterocycles. The summed E-state index contributed by atoms with van der Waals surface area (Å²) in [6.07, 6.45) is 5.15. The Bertz CT molecular complexity index is 577. The van der Waals surface area contributed by atoms with E-state index in [1.54, 1.807) is 0 Å². The molecule has 1 saturated carbocycles. The Balaban J connectivity index is 1.67. The molecule has 0 N–H and O–H groups in total. The summed E-state index contributed by atoms with van der Waals surface area (Å²) in [6.45, 7) is 2.16. The summed E-state index contributed by atoms with van der Waals surface area (Å²) >= 11 is 0. The Morgan fingerprint density at radius 2 is 2.13 bits per heavy atom. The largest absolute Gasteiger partial charge is 0.366 e. The van der Waals surface area contributed by atoms with Crippen molar-refractivity contribution in [2.75, 3.05) is 0 Å². The topological polar surface area (TPSA) is 50.1 Å². The number of carbonyl (C=O) groups excluding carboxylic acids is 1. The maximum absolute atomic E-state index is 12.8. The van der Waals surface area contributed by atoms with Gasteiger partial charge in [-0.05, 0) is 43.1 Å². The van der Waals surface area contributed by atoms with Crippen molar-refractivity contribution in [3.8, 4) is 6.07 Å². The molecule has 3 nitrogen and oxygen atoms in total. The molecule has 2 heterocycles. The molecule has 1 aromatic rings. The number of fused-ring (bicyclic) bond motifs is 3. The van der Waals surface area contributed by atoms with Gasteiger partial charge in [0.05, 0.1) is 18.1 Å². The molecule has 4 rings (SSSR count). The molecule has 3 aliphatic rings. The molecular weight excluding hydrogens is 286 g/mol. The lowest BCUT2D eigenvalue weighted by Crippen LogP contribution is -2.49. The summed E-state index contributed by atoms with van der Waals surface area (Å²) in [5.41, 5.74) is 1.25. The van der Waals surface area contributed by atoms with Crippen LogP contribution in [0.15, 0.2) is 30.3 Å². The normalized spacial score (nSPS) is 30.6. The molecule has 5 atom stereocenters. The molecule has 1 aliphatic carbocycles. The quantitative estimate of drug-likeness (QED) is 0.789. The second kappa shape index (κ2) is 7.27. The van der Waals surface area contributed by atoms with Gasteiger partial charge in [-0.15, -0.1) is 0 Å². The van der Waals surface area contributed by atoms with Crippen LogP contribution in [0.4, 0.5) is 0 Å². The van der Waals surface area contributed by atoms with Crippen LogP contribution < -0.4 is 0 Å². The lowest BCUT2D eigenvalue weighted by Gasteiger charge is -2.44. The molecule has 0 spiro atoms. The van der Waals surface area contributed by atoms with Gasteiger partial charge in [0, 0.05) is 6.42 Å². The first-order chi connectivity index (χ1) is 11.2. The van der Waals surface area contributed by atoms with Gasteiger partial charge in [0.2, 0.25) is 0 Å². The van der Waals surface area contributed by atoms with Gasteiger partial charge in [-0.3, -0.25) is 4.79 Å². The number of ketones is 1. The van der Waals surface area contributed by atoms with Crippen LogP contribution in [0.25, 0.3) is 0 Å². The van der Waals surface area contributed by atoms with Gasteiger partial charge in [-0.25, -0.2) is 0 Å². The summed E-state index contributed by atoms with van der Waals surface area (Å²) in [5, 5.41) is 9.19. The highest BCUT2D eigenvalue weighted by atomic mass is 16.5. The number of ether oxygens (including phenoxy) is 1. The first-order valence-electron chi connectivity index (χ1n) is 8.85. The third-order valence-corrected chi connectivity index (χ3v) is 5.42. The minimum absolute atomic E-state index is 0.0154. The number of hydrogen-bond donors (Lipinski definition) is 0. The summed E-state index contributed by atoms with van der Waals surface area (Å²) in [7, 11) is 0. The monoisotopic (exact) mass is 311 g/mol. The summed E-state index contributed by atoms with van der Waals surface area (Å²) < 4.78 is 5.99. The van der Waals surface area contributed by atoms with E-state index in [0.717, 1.165) is 32.1 Å². The molecule has 3 fully saturated rings. The van der Waals surface area contributed by atoms with Crippen molar-refractivity contribution >= 4 is 5.78 Å². The van der Waals surface area contributed by atoms with Crippen molar-refractivity contribution in [3.63, 3.8) is 0 Å². The number of nitriles is 1. The highest BCUT2D eigenvalue weighted by Gasteiger charge is 2.45. The summed E-state index contributed by atoms with van der Waals surface area (Å²) in [4.78, 5) is 12.8. The van der Waals surface area contributed by atoms with E-state index in [9.17, 15) is 10.1 Å². The molecule has 2 saturated heterocycles. The van der Waals surface area contributed by atoms with E-state index < -0.39 is 0 Å². The van der Waals surface area contributed by atoms with Crippen molar-refractivity contribution in [2.24, 2.45) is 11.8 Å². The van der Waals surface area contributed by atoms with Crippen molar-refractivity contribution in [1.29, 1.82) is 5.26 Å². The summed E-state index contributed by atoms with van der Waals surface area (Å²) in [6, 6.07) is 12.7. The van der Waals surface area contributed by atoms with Crippen molar-refractivity contribution in [3.05, 3.63) is 35.9 Å². The smallest absolute Gasteiger partial charge is 0.162 e. The Morgan fingerprint density at radius 1 is 1.35 bits per heavy atom. The highest BCUT2D eigenvalue weighted by molar-refractivity contribution is 5.84. The van der Waals surface area contributed by atoms with E-state index in [1.807, 2.05) is 18.2 Å². The molecule has 23 heavy (non-hydrogen) atoms. The Morgan fingerprint density at radius 3 is 2.74 bits per heavy atom. The van der Waals surface area contributed by atoms with E-state index in [0.29, 0.717) is 6.42 Å². The number of nitrogens with zero attached hydrogens (tertiary/aromatic N) is 1. The summed E-state index contributed by atoms with van der Waals surface area (Å²) in [5.74, 6) is 0.747. The Kier molecular flexibility index (Phi) is 5.13. The zero-order valence-corrected chi connectivity index (χ0v) is 13.8. The molecule has 1 aromatic carbocycles.